The molecule has 1 aromatic carbocycles. The molecule has 0 unspecified atom stereocenters. The number of aliphatic carboxylic acids is 1. The lowest BCUT2D eigenvalue weighted by atomic mass is 10.0. The van der Waals surface area contributed by atoms with E-state index in [2.05, 4.69) is 15.5 Å². The van der Waals surface area contributed by atoms with Gasteiger partial charge in [0.05, 0.1) is 0 Å². The molecular weight excluding hydrogens is 543 g/mol. The van der Waals surface area contributed by atoms with Crippen LogP contribution in [-0.2, 0) is 16.2 Å². The van der Waals surface area contributed by atoms with Gasteiger partial charge in [-0.25, -0.2) is 9.18 Å². The lowest BCUT2D eigenvalue weighted by Crippen LogP contribution is -2.70. The Labute approximate surface area is 222 Å². The number of furan rings is 1. The first-order valence-electron chi connectivity index (χ1n) is 10.9. The number of nitrogens with zero attached hydrogens (tertiary/aromatic N) is 3. The number of fused-ring (bicyclic) bond motifs is 1. The van der Waals surface area contributed by atoms with Gasteiger partial charge in [0, 0.05) is 11.5 Å². The van der Waals surface area contributed by atoms with Crippen LogP contribution in [0.1, 0.15) is 21.3 Å². The highest BCUT2D eigenvalue weighted by Crippen LogP contribution is 2.41. The number of aromatic nitrogens is 2. The molecule has 3 aromatic rings. The number of ether oxygens (including phenoxy) is 1. The number of hydrogen-bond acceptors (Lipinski definition) is 10. The molecule has 0 spiro atoms. The number of aryl methyl sites for hydroxylation is 1. The normalized spacial score (nSPS) is 18.9. The van der Waals surface area contributed by atoms with Crippen molar-refractivity contribution in [3.8, 4) is 5.75 Å². The van der Waals surface area contributed by atoms with Crippen LogP contribution in [0, 0.1) is 12.7 Å². The van der Waals surface area contributed by atoms with Gasteiger partial charge in [-0.2, -0.15) is 0 Å². The summed E-state index contributed by atoms with van der Waals surface area (Å²) < 4.78 is 24.8. The molecule has 0 aliphatic carbocycles. The van der Waals surface area contributed by atoms with E-state index in [1.807, 2.05) is 6.92 Å². The third-order valence-electron chi connectivity index (χ3n) is 5.49. The van der Waals surface area contributed by atoms with Crippen molar-refractivity contribution in [2.24, 2.45) is 0 Å². The quantitative estimate of drug-likeness (QED) is 0.295. The molecule has 2 aromatic heterocycles. The summed E-state index contributed by atoms with van der Waals surface area (Å²) in [5, 5.41) is 20.7. The van der Waals surface area contributed by atoms with Crippen LogP contribution in [0.2, 0.25) is 0 Å². The topological polar surface area (TPSA) is 135 Å². The third-order valence-corrected chi connectivity index (χ3v) is 8.89. The molecule has 2 amide bonds. The maximum Gasteiger partial charge on any atom is 0.352 e. The van der Waals surface area contributed by atoms with E-state index in [0.29, 0.717) is 28.6 Å². The van der Waals surface area contributed by atoms with Crippen LogP contribution in [0.25, 0.3) is 0 Å². The standard InChI is InChI=1S/C23H19FN4O6S3/c1-11-26-27-23(37-11)36-10-12-9-35-21-17(20(30)28(21)18(12)22(31)32)25-19(29)16-7-6-15(34-16)8-33-14-4-2-13(24)3-5-14/h2-7,17,21H,8-10H2,1H3,(H,25,29)(H,31,32)/t17-,21+/m0/s1. The van der Waals surface area contributed by atoms with Crippen molar-refractivity contribution in [3.63, 3.8) is 0 Å². The van der Waals surface area contributed by atoms with Gasteiger partial charge in [0.2, 0.25) is 0 Å². The highest BCUT2D eigenvalue weighted by atomic mass is 32.2. The fourth-order valence-electron chi connectivity index (χ4n) is 3.76. The molecule has 4 heterocycles. The van der Waals surface area contributed by atoms with Gasteiger partial charge in [0.1, 0.15) is 46.1 Å². The Bertz CT molecular complexity index is 1390. The maximum atomic E-state index is 13.0. The summed E-state index contributed by atoms with van der Waals surface area (Å²) in [4.78, 5) is 38.9. The lowest BCUT2D eigenvalue weighted by Gasteiger charge is -2.49. The SMILES string of the molecule is Cc1nnc(SCC2=C(C(=O)O)N3C(=O)[C@H](NC(=O)c4ccc(COc5ccc(F)cc5)o4)[C@H]3SC2)s1. The Morgan fingerprint density at radius 3 is 2.76 bits per heavy atom. The van der Waals surface area contributed by atoms with E-state index >= 15 is 0 Å². The zero-order valence-electron chi connectivity index (χ0n) is 19.2. The first-order valence-corrected chi connectivity index (χ1v) is 13.8. The van der Waals surface area contributed by atoms with Crippen molar-refractivity contribution in [2.75, 3.05) is 11.5 Å². The van der Waals surface area contributed by atoms with Crippen LogP contribution in [0.4, 0.5) is 4.39 Å². The van der Waals surface area contributed by atoms with Crippen LogP contribution in [0.3, 0.4) is 0 Å². The van der Waals surface area contributed by atoms with Gasteiger partial charge < -0.3 is 19.6 Å². The second-order valence-corrected chi connectivity index (χ2v) is 11.5. The van der Waals surface area contributed by atoms with Gasteiger partial charge in [0.25, 0.3) is 11.8 Å². The van der Waals surface area contributed by atoms with Crippen LogP contribution < -0.4 is 10.1 Å². The minimum Gasteiger partial charge on any atom is -0.486 e. The number of benzene rings is 1. The van der Waals surface area contributed by atoms with Gasteiger partial charge >= 0.3 is 5.97 Å². The van der Waals surface area contributed by atoms with Crippen molar-refractivity contribution < 1.29 is 33.0 Å². The van der Waals surface area contributed by atoms with Gasteiger partial charge in [-0.1, -0.05) is 23.1 Å². The zero-order chi connectivity index (χ0) is 26.1. The molecule has 0 bridgehead atoms. The minimum absolute atomic E-state index is 0.0109. The Hall–Kier alpha value is -3.36. The second kappa shape index (κ2) is 10.6. The van der Waals surface area contributed by atoms with Crippen LogP contribution in [0.5, 0.6) is 5.75 Å². The molecule has 0 radical (unpaired) electrons. The number of carboxylic acid groups (broad SMARTS) is 1. The average Bonchev–Trinajstić information content (AvgIpc) is 3.53. The maximum absolute atomic E-state index is 13.0. The van der Waals surface area contributed by atoms with Gasteiger partial charge in [-0.05, 0) is 48.9 Å². The molecule has 1 saturated heterocycles. The molecule has 10 nitrogen and oxygen atoms in total. The van der Waals surface area contributed by atoms with Crippen molar-refractivity contribution in [1.29, 1.82) is 0 Å². The first kappa shape index (κ1) is 25.3. The van der Waals surface area contributed by atoms with Crippen molar-refractivity contribution in [1.82, 2.24) is 20.4 Å². The molecule has 2 N–H and O–H groups in total. The first-order chi connectivity index (χ1) is 17.8. The number of thioether (sulfide) groups is 2. The van der Waals surface area contributed by atoms with E-state index in [4.69, 9.17) is 9.15 Å². The summed E-state index contributed by atoms with van der Waals surface area (Å²) in [6.07, 6.45) is 0. The van der Waals surface area contributed by atoms with E-state index in [0.717, 1.165) is 9.35 Å². The van der Waals surface area contributed by atoms with Crippen molar-refractivity contribution in [3.05, 3.63) is 70.0 Å². The van der Waals surface area contributed by atoms with Crippen molar-refractivity contribution >= 4 is 52.6 Å². The van der Waals surface area contributed by atoms with Gasteiger partial charge in [-0.3, -0.25) is 14.5 Å². The number of carbonyl (C=O) groups is 3. The Morgan fingerprint density at radius 2 is 2.05 bits per heavy atom. The molecule has 14 heteroatoms. The molecular formula is C23H19FN4O6S3. The fraction of sp³-hybridized carbons (Fsp3) is 0.261. The number of carboxylic acids is 1. The highest BCUT2D eigenvalue weighted by Gasteiger charge is 2.54. The molecule has 2 aliphatic heterocycles. The van der Waals surface area contributed by atoms with E-state index in [9.17, 15) is 23.9 Å². The molecule has 2 aliphatic rings. The average molecular weight is 563 g/mol. The summed E-state index contributed by atoms with van der Waals surface area (Å²) >= 11 is 4.18. The number of amides is 2. The lowest BCUT2D eigenvalue weighted by molar-refractivity contribution is -0.148. The smallest absolute Gasteiger partial charge is 0.352 e. The second-order valence-electron chi connectivity index (χ2n) is 8.00. The number of nitrogens with one attached hydrogen (secondary N) is 1. The Kier molecular flexibility index (Phi) is 7.22. The molecule has 37 heavy (non-hydrogen) atoms. The predicted octanol–water partition coefficient (Wildman–Crippen LogP) is 3.30. The van der Waals surface area contributed by atoms with Gasteiger partial charge in [0.15, 0.2) is 10.1 Å². The number of β-lactam (4-membered cyclic amide) rings is 1. The summed E-state index contributed by atoms with van der Waals surface area (Å²) in [6, 6.07) is 7.63. The molecule has 0 saturated carbocycles. The summed E-state index contributed by atoms with van der Waals surface area (Å²) in [7, 11) is 0. The summed E-state index contributed by atoms with van der Waals surface area (Å²) in [6.45, 7) is 1.86. The van der Waals surface area contributed by atoms with Crippen molar-refractivity contribution in [2.45, 2.75) is 29.3 Å². The van der Waals surface area contributed by atoms with Crippen LogP contribution in [0.15, 0.2) is 56.4 Å². The monoisotopic (exact) mass is 562 g/mol. The minimum atomic E-state index is -1.19. The number of halogens is 1. The van der Waals surface area contributed by atoms with Crippen LogP contribution in [-0.4, -0.2) is 60.9 Å². The fourth-order valence-corrected chi connectivity index (χ4v) is 7.06. The number of hydrogen-bond donors (Lipinski definition) is 2. The number of carbonyl (C=O) groups excluding carboxylic acids is 2. The predicted molar refractivity (Wildman–Crippen MR) is 134 cm³/mol. The highest BCUT2D eigenvalue weighted by molar-refractivity contribution is 8.01. The Balaban J connectivity index is 1.20. The zero-order valence-corrected chi connectivity index (χ0v) is 21.6. The largest absolute Gasteiger partial charge is 0.486 e. The van der Waals surface area contributed by atoms with E-state index in [-0.39, 0.29) is 23.9 Å². The summed E-state index contributed by atoms with van der Waals surface area (Å²) in [5.41, 5.74) is 0.563. The van der Waals surface area contributed by atoms with E-state index < -0.39 is 29.2 Å². The van der Waals surface area contributed by atoms with E-state index in [1.54, 1.807) is 6.07 Å². The molecule has 1 fully saturated rings. The Morgan fingerprint density at radius 1 is 1.27 bits per heavy atom. The molecule has 192 valence electrons. The third kappa shape index (κ3) is 5.36. The van der Waals surface area contributed by atoms with E-state index in [1.165, 1.54) is 70.1 Å². The number of rotatable bonds is 9. The molecule has 2 atom stereocenters. The van der Waals surface area contributed by atoms with Crippen LogP contribution >= 0.6 is 34.9 Å². The summed E-state index contributed by atoms with van der Waals surface area (Å²) in [5.74, 6) is -1.10. The van der Waals surface area contributed by atoms with Gasteiger partial charge in [-0.15, -0.1) is 22.0 Å². The molecule has 5 rings (SSSR count).